The summed E-state index contributed by atoms with van der Waals surface area (Å²) in [6.45, 7) is 3.61. The molecule has 1 aliphatic carbocycles. The lowest BCUT2D eigenvalue weighted by Gasteiger charge is -2.20. The van der Waals surface area contributed by atoms with Gasteiger partial charge in [0.05, 0.1) is 0 Å². The smallest absolute Gasteiger partial charge is 0.225 e. The monoisotopic (exact) mass is 203 g/mol. The fourth-order valence-electron chi connectivity index (χ4n) is 1.74. The zero-order valence-corrected chi connectivity index (χ0v) is 9.15. The molecule has 15 heavy (non-hydrogen) atoms. The molecular weight excluding hydrogens is 186 g/mol. The van der Waals surface area contributed by atoms with Crippen molar-refractivity contribution in [3.05, 3.63) is 35.9 Å². The summed E-state index contributed by atoms with van der Waals surface area (Å²) in [6.07, 6.45) is 2.17. The predicted molar refractivity (Wildman–Crippen MR) is 60.3 cm³/mol. The number of carbonyl (C=O) groups excluding carboxylic acids is 1. The summed E-state index contributed by atoms with van der Waals surface area (Å²) in [7, 11) is 0. The minimum atomic E-state index is 0.327. The van der Waals surface area contributed by atoms with Crippen LogP contribution >= 0.6 is 0 Å². The Labute approximate surface area is 90.9 Å². The molecule has 0 saturated heterocycles. The average Bonchev–Trinajstić information content (AvgIpc) is 3.10. The Kier molecular flexibility index (Phi) is 3.05. The molecule has 0 spiro atoms. The highest BCUT2D eigenvalue weighted by Crippen LogP contribution is 2.31. The predicted octanol–water partition coefficient (Wildman–Crippen LogP) is 2.45. The van der Waals surface area contributed by atoms with Crippen molar-refractivity contribution in [2.75, 3.05) is 6.54 Å². The van der Waals surface area contributed by atoms with Gasteiger partial charge in [-0.1, -0.05) is 30.3 Å². The van der Waals surface area contributed by atoms with Crippen molar-refractivity contribution in [1.29, 1.82) is 0 Å². The van der Waals surface area contributed by atoms with Crippen molar-refractivity contribution in [2.45, 2.75) is 26.3 Å². The second-order valence-electron chi connectivity index (χ2n) is 4.11. The standard InChI is InChI=1S/C13H17NO/c1-2-14(13(15)12-8-9-12)10-11-6-4-3-5-7-11/h3-7,12H,2,8-10H2,1H3. The van der Waals surface area contributed by atoms with Gasteiger partial charge < -0.3 is 4.90 Å². The Bertz CT molecular complexity index is 330. The molecule has 1 saturated carbocycles. The van der Waals surface area contributed by atoms with Crippen molar-refractivity contribution >= 4 is 5.91 Å². The first kappa shape index (κ1) is 10.2. The molecule has 2 rings (SSSR count). The Morgan fingerprint density at radius 1 is 1.33 bits per heavy atom. The van der Waals surface area contributed by atoms with Gasteiger partial charge in [0, 0.05) is 19.0 Å². The van der Waals surface area contributed by atoms with Crippen molar-refractivity contribution in [3.63, 3.8) is 0 Å². The van der Waals surface area contributed by atoms with E-state index in [2.05, 4.69) is 12.1 Å². The molecule has 0 atom stereocenters. The SMILES string of the molecule is CCN(Cc1ccccc1)C(=O)C1CC1. The summed E-state index contributed by atoms with van der Waals surface area (Å²) < 4.78 is 0. The molecule has 2 nitrogen and oxygen atoms in total. The first-order valence-electron chi connectivity index (χ1n) is 5.64. The Morgan fingerprint density at radius 3 is 2.53 bits per heavy atom. The Balaban J connectivity index is 1.98. The summed E-state index contributed by atoms with van der Waals surface area (Å²) in [5.74, 6) is 0.662. The second kappa shape index (κ2) is 4.47. The van der Waals surface area contributed by atoms with Crippen LogP contribution in [0.15, 0.2) is 30.3 Å². The molecule has 1 aliphatic rings. The van der Waals surface area contributed by atoms with Crippen LogP contribution in [-0.2, 0) is 11.3 Å². The van der Waals surface area contributed by atoms with Crippen LogP contribution in [0, 0.1) is 5.92 Å². The number of nitrogens with zero attached hydrogens (tertiary/aromatic N) is 1. The van der Waals surface area contributed by atoms with Gasteiger partial charge in [0.1, 0.15) is 0 Å². The van der Waals surface area contributed by atoms with Crippen LogP contribution in [0.3, 0.4) is 0 Å². The van der Waals surface area contributed by atoms with Gasteiger partial charge in [-0.2, -0.15) is 0 Å². The van der Waals surface area contributed by atoms with Crippen molar-refractivity contribution in [2.24, 2.45) is 5.92 Å². The van der Waals surface area contributed by atoms with Crippen LogP contribution < -0.4 is 0 Å². The van der Waals surface area contributed by atoms with Crippen molar-refractivity contribution < 1.29 is 4.79 Å². The highest BCUT2D eigenvalue weighted by atomic mass is 16.2. The van der Waals surface area contributed by atoms with Gasteiger partial charge in [0.2, 0.25) is 5.91 Å². The van der Waals surface area contributed by atoms with Gasteiger partial charge >= 0.3 is 0 Å². The average molecular weight is 203 g/mol. The molecule has 1 aromatic carbocycles. The topological polar surface area (TPSA) is 20.3 Å². The van der Waals surface area contributed by atoms with Crippen LogP contribution in [0.2, 0.25) is 0 Å². The molecule has 1 fully saturated rings. The van der Waals surface area contributed by atoms with Crippen LogP contribution in [0.4, 0.5) is 0 Å². The van der Waals surface area contributed by atoms with Crippen LogP contribution in [0.25, 0.3) is 0 Å². The molecule has 1 amide bonds. The molecule has 2 heteroatoms. The molecule has 0 aliphatic heterocycles. The van der Waals surface area contributed by atoms with Gasteiger partial charge in [-0.25, -0.2) is 0 Å². The van der Waals surface area contributed by atoms with E-state index in [0.29, 0.717) is 11.8 Å². The number of rotatable bonds is 4. The van der Waals surface area contributed by atoms with Crippen molar-refractivity contribution in [3.8, 4) is 0 Å². The van der Waals surface area contributed by atoms with E-state index in [1.165, 1.54) is 5.56 Å². The fraction of sp³-hybridized carbons (Fsp3) is 0.462. The number of hydrogen-bond donors (Lipinski definition) is 0. The minimum absolute atomic E-state index is 0.327. The molecule has 0 N–H and O–H groups in total. The summed E-state index contributed by atoms with van der Waals surface area (Å²) in [5.41, 5.74) is 1.22. The van der Waals surface area contributed by atoms with Crippen LogP contribution in [0.1, 0.15) is 25.3 Å². The molecule has 0 bridgehead atoms. The van der Waals surface area contributed by atoms with Gasteiger partial charge in [-0.05, 0) is 25.3 Å². The van der Waals surface area contributed by atoms with E-state index < -0.39 is 0 Å². The zero-order valence-electron chi connectivity index (χ0n) is 9.15. The molecular formula is C13H17NO. The van der Waals surface area contributed by atoms with E-state index in [4.69, 9.17) is 0 Å². The van der Waals surface area contributed by atoms with Crippen LogP contribution in [-0.4, -0.2) is 17.4 Å². The second-order valence-corrected chi connectivity index (χ2v) is 4.11. The molecule has 0 unspecified atom stereocenters. The molecule has 0 aromatic heterocycles. The summed E-state index contributed by atoms with van der Waals surface area (Å²) in [4.78, 5) is 13.8. The van der Waals surface area contributed by atoms with Gasteiger partial charge in [0.15, 0.2) is 0 Å². The Morgan fingerprint density at radius 2 is 2.00 bits per heavy atom. The van der Waals surface area contributed by atoms with Gasteiger partial charge in [-0.3, -0.25) is 4.79 Å². The number of amides is 1. The lowest BCUT2D eigenvalue weighted by atomic mass is 10.2. The molecule has 0 heterocycles. The third kappa shape index (κ3) is 2.58. The quantitative estimate of drug-likeness (QED) is 0.736. The van der Waals surface area contributed by atoms with E-state index >= 15 is 0 Å². The number of hydrogen-bond acceptors (Lipinski definition) is 1. The maximum absolute atomic E-state index is 11.9. The fourth-order valence-corrected chi connectivity index (χ4v) is 1.74. The van der Waals surface area contributed by atoms with Crippen LogP contribution in [0.5, 0.6) is 0 Å². The first-order valence-corrected chi connectivity index (χ1v) is 5.64. The normalized spacial score (nSPS) is 15.0. The lowest BCUT2D eigenvalue weighted by molar-refractivity contribution is -0.132. The number of benzene rings is 1. The maximum atomic E-state index is 11.9. The summed E-state index contributed by atoms with van der Waals surface area (Å²) in [5, 5.41) is 0. The highest BCUT2D eigenvalue weighted by molar-refractivity contribution is 5.81. The van der Waals surface area contributed by atoms with E-state index in [-0.39, 0.29) is 0 Å². The summed E-state index contributed by atoms with van der Waals surface area (Å²) in [6, 6.07) is 10.2. The minimum Gasteiger partial charge on any atom is -0.338 e. The van der Waals surface area contributed by atoms with Gasteiger partial charge in [0.25, 0.3) is 0 Å². The molecule has 0 radical (unpaired) electrons. The van der Waals surface area contributed by atoms with Gasteiger partial charge in [-0.15, -0.1) is 0 Å². The van der Waals surface area contributed by atoms with E-state index in [1.54, 1.807) is 0 Å². The molecule has 1 aromatic rings. The van der Waals surface area contributed by atoms with E-state index in [9.17, 15) is 4.79 Å². The summed E-state index contributed by atoms with van der Waals surface area (Å²) >= 11 is 0. The number of carbonyl (C=O) groups is 1. The maximum Gasteiger partial charge on any atom is 0.225 e. The zero-order chi connectivity index (χ0) is 10.7. The lowest BCUT2D eigenvalue weighted by Crippen LogP contribution is -2.31. The van der Waals surface area contributed by atoms with E-state index in [0.717, 1.165) is 25.9 Å². The third-order valence-electron chi connectivity index (χ3n) is 2.84. The highest BCUT2D eigenvalue weighted by Gasteiger charge is 2.32. The largest absolute Gasteiger partial charge is 0.338 e. The first-order chi connectivity index (χ1) is 7.31. The Hall–Kier alpha value is -1.31. The molecule has 80 valence electrons. The third-order valence-corrected chi connectivity index (χ3v) is 2.84. The van der Waals surface area contributed by atoms with E-state index in [1.807, 2.05) is 30.0 Å². The van der Waals surface area contributed by atoms with Crippen molar-refractivity contribution in [1.82, 2.24) is 4.90 Å².